The topological polar surface area (TPSA) is 18.5 Å². The average Bonchev–Trinajstić information content (AvgIpc) is 2.76. The highest BCUT2D eigenvalue weighted by Gasteiger charge is 2.20. The van der Waals surface area contributed by atoms with Crippen molar-refractivity contribution in [3.8, 4) is 11.5 Å². The maximum absolute atomic E-state index is 6.18. The van der Waals surface area contributed by atoms with Crippen LogP contribution in [0.1, 0.15) is 16.0 Å². The van der Waals surface area contributed by atoms with E-state index in [1.807, 2.05) is 24.3 Å². The van der Waals surface area contributed by atoms with Crippen molar-refractivity contribution < 1.29 is 9.47 Å². The first-order valence-corrected chi connectivity index (χ1v) is 7.86. The van der Waals surface area contributed by atoms with Gasteiger partial charge in [-0.2, -0.15) is 0 Å². The van der Waals surface area contributed by atoms with E-state index in [1.54, 1.807) is 14.2 Å². The second-order valence-electron chi connectivity index (χ2n) is 3.75. The molecule has 1 aromatic heterocycles. The molecule has 0 aliphatic carbocycles. The van der Waals surface area contributed by atoms with Crippen molar-refractivity contribution in [1.82, 2.24) is 0 Å². The van der Waals surface area contributed by atoms with Crippen molar-refractivity contribution in [3.05, 3.63) is 44.1 Å². The van der Waals surface area contributed by atoms with Gasteiger partial charge in [-0.05, 0) is 12.1 Å². The maximum atomic E-state index is 6.18. The van der Waals surface area contributed by atoms with Gasteiger partial charge in [-0.25, -0.2) is 0 Å². The minimum absolute atomic E-state index is 0.0791. The predicted octanol–water partition coefficient (Wildman–Crippen LogP) is 5.56. The van der Waals surface area contributed by atoms with Crippen molar-refractivity contribution in [2.24, 2.45) is 0 Å². The van der Waals surface area contributed by atoms with Gasteiger partial charge >= 0.3 is 0 Å². The zero-order chi connectivity index (χ0) is 14.0. The van der Waals surface area contributed by atoms with Crippen molar-refractivity contribution in [2.75, 3.05) is 14.2 Å². The molecule has 0 N–H and O–H groups in total. The molecule has 2 nitrogen and oxygen atoms in total. The molecule has 1 heterocycles. The summed E-state index contributed by atoms with van der Waals surface area (Å²) < 4.78 is 11.9. The van der Waals surface area contributed by atoms with Gasteiger partial charge in [0, 0.05) is 17.2 Å². The van der Waals surface area contributed by atoms with Crippen molar-refractivity contribution in [1.29, 1.82) is 0 Å². The summed E-state index contributed by atoms with van der Waals surface area (Å²) in [5.74, 6) is 1.48. The molecule has 0 aliphatic heterocycles. The molecule has 0 radical (unpaired) electrons. The van der Waals surface area contributed by atoms with Gasteiger partial charge in [-0.1, -0.05) is 45.2 Å². The molecule has 1 aromatic carbocycles. The highest BCUT2D eigenvalue weighted by atomic mass is 79.9. The van der Waals surface area contributed by atoms with Crippen molar-refractivity contribution in [3.63, 3.8) is 0 Å². The van der Waals surface area contributed by atoms with E-state index < -0.39 is 0 Å². The second kappa shape index (κ2) is 6.35. The molecule has 2 aromatic rings. The second-order valence-corrected chi connectivity index (χ2v) is 6.95. The first kappa shape index (κ1) is 15.0. The van der Waals surface area contributed by atoms with Gasteiger partial charge in [0.25, 0.3) is 0 Å². The van der Waals surface area contributed by atoms with Crippen LogP contribution in [-0.2, 0) is 0 Å². The number of thiophene rings is 1. The van der Waals surface area contributed by atoms with E-state index in [4.69, 9.17) is 32.7 Å². The minimum Gasteiger partial charge on any atom is -0.497 e. The standard InChI is InChI=1S/C13H11BrCl2O2S/c1-17-7-3-4-8(10(5-7)18-2)12(14)9-6-11(15)19-13(9)16/h3-6,12H,1-2H3. The zero-order valence-electron chi connectivity index (χ0n) is 10.2. The van der Waals surface area contributed by atoms with Crippen LogP contribution in [0.3, 0.4) is 0 Å². The van der Waals surface area contributed by atoms with Gasteiger partial charge in [0.1, 0.15) is 11.5 Å². The quantitative estimate of drug-likeness (QED) is 0.645. The van der Waals surface area contributed by atoms with E-state index in [0.29, 0.717) is 8.67 Å². The molecule has 0 aliphatic rings. The maximum Gasteiger partial charge on any atom is 0.127 e. The third-order valence-corrected chi connectivity index (χ3v) is 5.17. The molecule has 6 heteroatoms. The lowest BCUT2D eigenvalue weighted by Gasteiger charge is -2.15. The third kappa shape index (κ3) is 3.19. The van der Waals surface area contributed by atoms with Crippen LogP contribution in [0.25, 0.3) is 0 Å². The van der Waals surface area contributed by atoms with Crippen LogP contribution in [0.5, 0.6) is 11.5 Å². The summed E-state index contributed by atoms with van der Waals surface area (Å²) in [6.45, 7) is 0. The normalized spacial score (nSPS) is 12.3. The zero-order valence-corrected chi connectivity index (χ0v) is 14.2. The van der Waals surface area contributed by atoms with Gasteiger partial charge < -0.3 is 9.47 Å². The number of hydrogen-bond donors (Lipinski definition) is 0. The van der Waals surface area contributed by atoms with E-state index in [0.717, 1.165) is 22.6 Å². The largest absolute Gasteiger partial charge is 0.497 e. The molecule has 1 atom stereocenters. The molecule has 19 heavy (non-hydrogen) atoms. The fourth-order valence-corrected chi connectivity index (χ4v) is 4.28. The summed E-state index contributed by atoms with van der Waals surface area (Å²) in [5.41, 5.74) is 1.90. The monoisotopic (exact) mass is 380 g/mol. The van der Waals surface area contributed by atoms with Crippen LogP contribution in [0.4, 0.5) is 0 Å². The first-order valence-electron chi connectivity index (χ1n) is 5.37. The Bertz CT molecular complexity index is 586. The Hall–Kier alpha value is -0.420. The van der Waals surface area contributed by atoms with E-state index in [2.05, 4.69) is 15.9 Å². The number of methoxy groups -OCH3 is 2. The minimum atomic E-state index is -0.0791. The SMILES string of the molecule is COc1ccc(C(Br)c2cc(Cl)sc2Cl)c(OC)c1. The molecule has 0 fully saturated rings. The van der Waals surface area contributed by atoms with Gasteiger partial charge in [0.05, 0.1) is 27.7 Å². The first-order chi connectivity index (χ1) is 9.06. The summed E-state index contributed by atoms with van der Waals surface area (Å²) in [6, 6.07) is 7.52. The number of hydrogen-bond acceptors (Lipinski definition) is 3. The van der Waals surface area contributed by atoms with Crippen molar-refractivity contribution >= 4 is 50.5 Å². The molecule has 0 saturated carbocycles. The van der Waals surface area contributed by atoms with Crippen LogP contribution in [0, 0.1) is 0 Å². The number of benzene rings is 1. The lowest BCUT2D eigenvalue weighted by Crippen LogP contribution is -1.97. The average molecular weight is 382 g/mol. The van der Waals surface area contributed by atoms with E-state index >= 15 is 0 Å². The number of alkyl halides is 1. The van der Waals surface area contributed by atoms with E-state index in [-0.39, 0.29) is 4.83 Å². The molecule has 2 rings (SSSR count). The van der Waals surface area contributed by atoms with Gasteiger partial charge in [0.2, 0.25) is 0 Å². The van der Waals surface area contributed by atoms with Gasteiger partial charge in [-0.15, -0.1) is 11.3 Å². The molecule has 1 unspecified atom stereocenters. The number of halogens is 3. The molecular weight excluding hydrogens is 371 g/mol. The van der Waals surface area contributed by atoms with E-state index in [9.17, 15) is 0 Å². The van der Waals surface area contributed by atoms with Gasteiger partial charge in [-0.3, -0.25) is 0 Å². The Morgan fingerprint density at radius 1 is 1.11 bits per heavy atom. The smallest absolute Gasteiger partial charge is 0.127 e. The molecule has 0 spiro atoms. The lowest BCUT2D eigenvalue weighted by molar-refractivity contribution is 0.391. The summed E-state index contributed by atoms with van der Waals surface area (Å²) in [4.78, 5) is -0.0791. The van der Waals surface area contributed by atoms with E-state index in [1.165, 1.54) is 11.3 Å². The van der Waals surface area contributed by atoms with Crippen LogP contribution in [-0.4, -0.2) is 14.2 Å². The van der Waals surface area contributed by atoms with Crippen LogP contribution in [0.2, 0.25) is 8.67 Å². The highest BCUT2D eigenvalue weighted by molar-refractivity contribution is 9.09. The molecular formula is C13H11BrCl2O2S. The Balaban J connectivity index is 2.43. The van der Waals surface area contributed by atoms with Gasteiger partial charge in [0.15, 0.2) is 0 Å². The Morgan fingerprint density at radius 3 is 2.37 bits per heavy atom. The third-order valence-electron chi connectivity index (χ3n) is 2.67. The van der Waals surface area contributed by atoms with Crippen LogP contribution >= 0.6 is 50.5 Å². The summed E-state index contributed by atoms with van der Waals surface area (Å²) in [7, 11) is 3.25. The van der Waals surface area contributed by atoms with Crippen LogP contribution in [0.15, 0.2) is 24.3 Å². The highest BCUT2D eigenvalue weighted by Crippen LogP contribution is 2.44. The molecule has 102 valence electrons. The predicted molar refractivity (Wildman–Crippen MR) is 84.7 cm³/mol. The molecule has 0 bridgehead atoms. The number of ether oxygens (including phenoxy) is 2. The Kier molecular flexibility index (Phi) is 5.01. The Morgan fingerprint density at radius 2 is 1.84 bits per heavy atom. The van der Waals surface area contributed by atoms with Crippen LogP contribution < -0.4 is 9.47 Å². The fraction of sp³-hybridized carbons (Fsp3) is 0.231. The Labute approximate surface area is 134 Å². The summed E-state index contributed by atoms with van der Waals surface area (Å²) >= 11 is 17.2. The lowest BCUT2D eigenvalue weighted by atomic mass is 10.1. The summed E-state index contributed by atoms with van der Waals surface area (Å²) in [5, 5.41) is 0. The fourth-order valence-electron chi connectivity index (χ4n) is 1.72. The molecule has 0 amide bonds. The molecule has 0 saturated heterocycles. The number of rotatable bonds is 4. The van der Waals surface area contributed by atoms with Crippen molar-refractivity contribution in [2.45, 2.75) is 4.83 Å². The summed E-state index contributed by atoms with van der Waals surface area (Å²) in [6.07, 6.45) is 0.